The van der Waals surface area contributed by atoms with Crippen LogP contribution < -0.4 is 18.9 Å². The second-order valence-corrected chi connectivity index (χ2v) is 0.149. The molecule has 0 rings (SSSR count). The molecule has 1 nitrogen and oxygen atoms in total. The zero-order valence-electron chi connectivity index (χ0n) is 2.60. The number of nitrogens with zero attached hydrogens (tertiary/aromatic N) is 1. The molecule has 0 fully saturated rings. The van der Waals surface area contributed by atoms with Crippen molar-refractivity contribution in [3.63, 3.8) is 0 Å². The van der Waals surface area contributed by atoms with E-state index < -0.39 is 0 Å². The van der Waals surface area contributed by atoms with Crippen LogP contribution in [-0.2, 0) is 0 Å². The van der Waals surface area contributed by atoms with Gasteiger partial charge in [0.25, 0.3) is 0 Å². The Morgan fingerprint density at radius 3 is 1.75 bits per heavy atom. The first-order valence-electron chi connectivity index (χ1n) is 0.516. The smallest absolute Gasteiger partial charge is 0.691 e. The van der Waals surface area contributed by atoms with Crippen LogP contribution in [0.2, 0.25) is 0 Å². The van der Waals surface area contributed by atoms with Crippen molar-refractivity contribution in [1.29, 1.82) is 0 Å². The van der Waals surface area contributed by atoms with Crippen LogP contribution in [0.15, 0.2) is 4.81 Å². The van der Waals surface area contributed by atoms with Gasteiger partial charge < -0.3 is 12.4 Å². The molecule has 0 bridgehead atoms. The van der Waals surface area contributed by atoms with Gasteiger partial charge in [-0.2, -0.15) is 0 Å². The van der Waals surface area contributed by atoms with Crippen molar-refractivity contribution in [2.75, 3.05) is 0 Å². The van der Waals surface area contributed by atoms with Crippen molar-refractivity contribution in [3.05, 3.63) is 0 Å². The molecule has 0 aliphatic rings. The zero-order valence-corrected chi connectivity index (χ0v) is 2.60. The summed E-state index contributed by atoms with van der Waals surface area (Å²) in [6, 6.07) is 0. The Morgan fingerprint density at radius 1 is 1.75 bits per heavy atom. The third-order valence-corrected chi connectivity index (χ3v) is 0. The van der Waals surface area contributed by atoms with Crippen LogP contribution in [0.4, 0.5) is 0 Å². The molecule has 0 saturated heterocycles. The van der Waals surface area contributed by atoms with Gasteiger partial charge in [0.2, 0.25) is 0 Å². The number of rotatable bonds is 0. The van der Waals surface area contributed by atoms with Gasteiger partial charge in [0, 0.05) is 0 Å². The summed E-state index contributed by atoms with van der Waals surface area (Å²) in [4.78, 5) is 2.50. The molecule has 12 valence electrons. The minimum atomic E-state index is 0. The summed E-state index contributed by atoms with van der Waals surface area (Å²) in [7, 11) is 8.50. The number of hydrogen-bond donors (Lipinski definition) is 0. The van der Waals surface area contributed by atoms with Crippen LogP contribution >= 0.6 is 0 Å². The van der Waals surface area contributed by atoms with Crippen molar-refractivity contribution in [2.45, 2.75) is 0 Å². The standard InChI is InChI=1S/B2N.Li/c1-3-2;/q-1;+1. The van der Waals surface area contributed by atoms with E-state index in [1.165, 1.54) is 0 Å². The molecule has 0 aliphatic carbocycles. The summed E-state index contributed by atoms with van der Waals surface area (Å²) >= 11 is 0. The quantitative estimate of drug-likeness (QED) is 0.249. The third kappa shape index (κ3) is 21.2. The summed E-state index contributed by atoms with van der Waals surface area (Å²) in [6.45, 7) is 0. The van der Waals surface area contributed by atoms with Crippen LogP contribution in [0.5, 0.6) is 0 Å². The van der Waals surface area contributed by atoms with Gasteiger partial charge in [0.05, 0.1) is 0 Å². The van der Waals surface area contributed by atoms with Crippen molar-refractivity contribution in [2.24, 2.45) is 4.81 Å². The maximum absolute atomic E-state index is 4.25. The van der Waals surface area contributed by atoms with Crippen LogP contribution in [0.1, 0.15) is 0 Å². The number of hydrogen-bond acceptors (Lipinski definition) is 1. The van der Waals surface area contributed by atoms with Crippen LogP contribution in [-0.4, -0.2) is 15.6 Å². The molecule has 4 heavy (non-hydrogen) atoms. The van der Waals surface area contributed by atoms with Gasteiger partial charge >= 0.3 is 18.9 Å². The van der Waals surface area contributed by atoms with Gasteiger partial charge in [-0.15, -0.1) is 0 Å². The van der Waals surface area contributed by atoms with E-state index in [1.807, 2.05) is 0 Å². The normalized spacial score (nSPS) is 3.00. The second kappa shape index (κ2) is 9.66. The molecular formula is B2LiN. The SMILES string of the molecule is [B]N=[B-].[Li+]. The molecule has 4 heteroatoms. The van der Waals surface area contributed by atoms with Crippen LogP contribution in [0, 0.1) is 0 Å². The summed E-state index contributed by atoms with van der Waals surface area (Å²) < 4.78 is 0. The second-order valence-electron chi connectivity index (χ2n) is 0.149. The predicted octanol–water partition coefficient (Wildman–Crippen LogP) is -3.57. The minimum Gasteiger partial charge on any atom is -0.691 e. The van der Waals surface area contributed by atoms with Crippen LogP contribution in [0.3, 0.4) is 0 Å². The molecule has 0 unspecified atom stereocenters. The third-order valence-electron chi connectivity index (χ3n) is 0. The van der Waals surface area contributed by atoms with Gasteiger partial charge in [-0.05, 0) is 0 Å². The molecule has 0 aliphatic heterocycles. The van der Waals surface area contributed by atoms with Gasteiger partial charge in [0.15, 0.2) is 7.98 Å². The molecule has 0 N–H and O–H groups in total. The Labute approximate surface area is 39.9 Å². The van der Waals surface area contributed by atoms with Gasteiger partial charge in [0.1, 0.15) is 0 Å². The van der Waals surface area contributed by atoms with E-state index >= 15 is 0 Å². The molecular weight excluding hydrogens is 42.6 g/mol. The molecule has 0 aromatic rings. The Morgan fingerprint density at radius 2 is 1.75 bits per heavy atom. The topological polar surface area (TPSA) is 12.4 Å². The Bertz CT molecular complexity index is 13.5. The first-order valence-corrected chi connectivity index (χ1v) is 0.516. The molecule has 0 heterocycles. The van der Waals surface area contributed by atoms with E-state index in [9.17, 15) is 0 Å². The van der Waals surface area contributed by atoms with E-state index in [1.54, 1.807) is 0 Å². The van der Waals surface area contributed by atoms with E-state index in [0.717, 1.165) is 0 Å². The fraction of sp³-hybridized carbons (Fsp3) is 0. The molecule has 0 amide bonds. The minimum absolute atomic E-state index is 0. The Kier molecular flexibility index (Phi) is 21.3. The fourth-order valence-electron chi connectivity index (χ4n) is 0. The molecule has 0 aromatic carbocycles. The van der Waals surface area contributed by atoms with Crippen molar-refractivity contribution >= 4 is 15.6 Å². The average molecular weight is 42.6 g/mol. The van der Waals surface area contributed by atoms with E-state index in [0.29, 0.717) is 0 Å². The van der Waals surface area contributed by atoms with E-state index in [4.69, 9.17) is 0 Å². The van der Waals surface area contributed by atoms with E-state index in [-0.39, 0.29) is 18.9 Å². The monoisotopic (exact) mass is 43.0 g/mol. The molecule has 0 spiro atoms. The molecule has 0 saturated carbocycles. The zero-order chi connectivity index (χ0) is 2.71. The maximum Gasteiger partial charge on any atom is 1.00 e. The Hall–Kier alpha value is 0.527. The Balaban J connectivity index is 0. The van der Waals surface area contributed by atoms with Gasteiger partial charge in [-0.1, -0.05) is 0 Å². The van der Waals surface area contributed by atoms with Crippen LogP contribution in [0.25, 0.3) is 0 Å². The van der Waals surface area contributed by atoms with E-state index in [2.05, 4.69) is 20.4 Å². The summed E-state index contributed by atoms with van der Waals surface area (Å²) in [5, 5.41) is 0. The largest absolute Gasteiger partial charge is 1.00 e. The maximum atomic E-state index is 4.25. The summed E-state index contributed by atoms with van der Waals surface area (Å²) in [5.41, 5.74) is 0. The summed E-state index contributed by atoms with van der Waals surface area (Å²) in [5.74, 6) is 0. The van der Waals surface area contributed by atoms with Crippen molar-refractivity contribution in [1.82, 2.24) is 0 Å². The average Bonchev–Trinajstić information content (AvgIpc) is 0.918. The van der Waals surface area contributed by atoms with Gasteiger partial charge in [-0.3, -0.25) is 0 Å². The first-order chi connectivity index (χ1) is 1.41. The molecule has 0 aromatic heterocycles. The van der Waals surface area contributed by atoms with Crippen molar-refractivity contribution < 1.29 is 18.9 Å². The predicted molar refractivity (Wildman–Crippen MR) is 13.9 cm³/mol. The summed E-state index contributed by atoms with van der Waals surface area (Å²) in [6.07, 6.45) is 0. The molecule has 0 atom stereocenters. The first kappa shape index (κ1) is 8.82. The molecule has 4 radical (unpaired) electrons. The van der Waals surface area contributed by atoms with Crippen molar-refractivity contribution in [3.8, 4) is 0 Å². The van der Waals surface area contributed by atoms with Gasteiger partial charge in [-0.25, -0.2) is 0 Å². The fourth-order valence-corrected chi connectivity index (χ4v) is 0.